The maximum absolute atomic E-state index is 12.0. The van der Waals surface area contributed by atoms with Crippen LogP contribution in [0.2, 0.25) is 0 Å². The smallest absolute Gasteiger partial charge is 0.410 e. The van der Waals surface area contributed by atoms with Crippen LogP contribution in [0, 0.1) is 0 Å². The molecule has 0 saturated carbocycles. The summed E-state index contributed by atoms with van der Waals surface area (Å²) in [7, 11) is 1.77. The number of ether oxygens (including phenoxy) is 3. The number of hydrogen-bond donors (Lipinski definition) is 0. The van der Waals surface area contributed by atoms with E-state index < -0.39 is 5.60 Å². The quantitative estimate of drug-likeness (QED) is 0.718. The molecule has 0 bridgehead atoms. The normalized spacial score (nSPS) is 31.9. The Morgan fingerprint density at radius 3 is 2.72 bits per heavy atom. The zero-order valence-corrected chi connectivity index (χ0v) is 11.7. The van der Waals surface area contributed by atoms with E-state index in [1.165, 1.54) is 0 Å². The molecule has 2 fully saturated rings. The van der Waals surface area contributed by atoms with Crippen LogP contribution in [0.3, 0.4) is 0 Å². The molecule has 0 aromatic carbocycles. The molecule has 1 amide bonds. The first-order chi connectivity index (χ1) is 8.31. The van der Waals surface area contributed by atoms with Gasteiger partial charge >= 0.3 is 6.09 Å². The lowest BCUT2D eigenvalue weighted by atomic mass is 9.97. The van der Waals surface area contributed by atoms with Crippen molar-refractivity contribution in [3.05, 3.63) is 0 Å². The number of rotatable bonds is 1. The summed E-state index contributed by atoms with van der Waals surface area (Å²) < 4.78 is 16.6. The molecule has 0 aromatic rings. The molecule has 2 atom stereocenters. The second-order valence-corrected chi connectivity index (χ2v) is 6.25. The molecular weight excluding hydrogens is 234 g/mol. The van der Waals surface area contributed by atoms with Gasteiger partial charge in [0.05, 0.1) is 24.9 Å². The molecule has 2 aliphatic rings. The van der Waals surface area contributed by atoms with E-state index in [0.717, 1.165) is 19.4 Å². The van der Waals surface area contributed by atoms with Crippen molar-refractivity contribution in [3.63, 3.8) is 0 Å². The molecule has 5 heteroatoms. The van der Waals surface area contributed by atoms with Crippen molar-refractivity contribution in [3.8, 4) is 0 Å². The first-order valence-electron chi connectivity index (χ1n) is 6.49. The van der Waals surface area contributed by atoms with Crippen molar-refractivity contribution < 1.29 is 19.0 Å². The molecule has 2 rings (SSSR count). The van der Waals surface area contributed by atoms with Crippen LogP contribution >= 0.6 is 0 Å². The van der Waals surface area contributed by atoms with Gasteiger partial charge in [-0.25, -0.2) is 4.79 Å². The van der Waals surface area contributed by atoms with E-state index in [2.05, 4.69) is 0 Å². The lowest BCUT2D eigenvalue weighted by molar-refractivity contribution is -0.00579. The Morgan fingerprint density at radius 2 is 2.17 bits per heavy atom. The average molecular weight is 257 g/mol. The Kier molecular flexibility index (Phi) is 3.56. The minimum atomic E-state index is -0.459. The van der Waals surface area contributed by atoms with Gasteiger partial charge in [-0.3, -0.25) is 0 Å². The topological polar surface area (TPSA) is 48.0 Å². The summed E-state index contributed by atoms with van der Waals surface area (Å²) in [5.74, 6) is 0. The third-order valence-corrected chi connectivity index (χ3v) is 3.49. The van der Waals surface area contributed by atoms with Gasteiger partial charge in [-0.15, -0.1) is 0 Å². The predicted octanol–water partition coefficient (Wildman–Crippen LogP) is 1.80. The van der Waals surface area contributed by atoms with Crippen molar-refractivity contribution in [1.82, 2.24) is 4.90 Å². The number of nitrogens with zero attached hydrogens (tertiary/aromatic N) is 1. The van der Waals surface area contributed by atoms with Crippen LogP contribution in [-0.4, -0.2) is 55.1 Å². The Hall–Kier alpha value is -0.810. The van der Waals surface area contributed by atoms with E-state index in [4.69, 9.17) is 14.2 Å². The summed E-state index contributed by atoms with van der Waals surface area (Å²) in [5.41, 5.74) is -0.625. The summed E-state index contributed by atoms with van der Waals surface area (Å²) in [4.78, 5) is 13.6. The van der Waals surface area contributed by atoms with Gasteiger partial charge < -0.3 is 19.1 Å². The molecule has 0 aliphatic carbocycles. The summed E-state index contributed by atoms with van der Waals surface area (Å²) in [5, 5.41) is 0. The minimum absolute atomic E-state index is 0.0848. The van der Waals surface area contributed by atoms with E-state index in [-0.39, 0.29) is 17.7 Å². The van der Waals surface area contributed by atoms with Crippen LogP contribution < -0.4 is 0 Å². The molecule has 5 nitrogen and oxygen atoms in total. The summed E-state index contributed by atoms with van der Waals surface area (Å²) in [6, 6.07) is 0.0848. The number of likely N-dealkylation sites (N-methyl/N-ethyl adjacent to an activating group) is 1. The highest BCUT2D eigenvalue weighted by Crippen LogP contribution is 2.35. The first kappa shape index (κ1) is 13.6. The lowest BCUT2D eigenvalue weighted by Crippen LogP contribution is -2.41. The Labute approximate surface area is 108 Å². The summed E-state index contributed by atoms with van der Waals surface area (Å²) in [6.45, 7) is 7.58. The van der Waals surface area contributed by atoms with Crippen LogP contribution in [0.15, 0.2) is 0 Å². The molecular formula is C13H23NO4. The average Bonchev–Trinajstić information content (AvgIpc) is 2.86. The fraction of sp³-hybridized carbons (Fsp3) is 0.923. The monoisotopic (exact) mass is 257 g/mol. The maximum atomic E-state index is 12.0. The largest absolute Gasteiger partial charge is 0.444 e. The molecule has 2 heterocycles. The Balaban J connectivity index is 1.90. The number of hydrogen-bond acceptors (Lipinski definition) is 4. The number of carbonyl (C=O) groups is 1. The second-order valence-electron chi connectivity index (χ2n) is 6.25. The molecule has 18 heavy (non-hydrogen) atoms. The number of amides is 1. The van der Waals surface area contributed by atoms with Crippen LogP contribution in [0.5, 0.6) is 0 Å². The highest BCUT2D eigenvalue weighted by molar-refractivity contribution is 5.68. The Bertz CT molecular complexity index is 317. The first-order valence-corrected chi connectivity index (χ1v) is 6.49. The number of carbonyl (C=O) groups excluding carboxylic acids is 1. The third kappa shape index (κ3) is 2.95. The molecule has 0 N–H and O–H groups in total. The minimum Gasteiger partial charge on any atom is -0.444 e. The SMILES string of the molecule is CN(C(=O)OC(C)(C)C)C1COC2(CCOC2)C1. The van der Waals surface area contributed by atoms with Crippen LogP contribution in [0.4, 0.5) is 4.79 Å². The fourth-order valence-electron chi connectivity index (χ4n) is 2.42. The fourth-order valence-corrected chi connectivity index (χ4v) is 2.42. The van der Waals surface area contributed by atoms with E-state index >= 15 is 0 Å². The van der Waals surface area contributed by atoms with Crippen molar-refractivity contribution in [2.24, 2.45) is 0 Å². The van der Waals surface area contributed by atoms with Gasteiger partial charge in [0.2, 0.25) is 0 Å². The molecule has 2 aliphatic heterocycles. The Morgan fingerprint density at radius 1 is 1.44 bits per heavy atom. The van der Waals surface area contributed by atoms with E-state index in [1.54, 1.807) is 11.9 Å². The summed E-state index contributed by atoms with van der Waals surface area (Å²) in [6.07, 6.45) is 1.47. The van der Waals surface area contributed by atoms with Crippen molar-refractivity contribution in [1.29, 1.82) is 0 Å². The van der Waals surface area contributed by atoms with Crippen LogP contribution in [0.1, 0.15) is 33.6 Å². The van der Waals surface area contributed by atoms with E-state index in [1.807, 2.05) is 20.8 Å². The molecule has 0 radical (unpaired) electrons. The van der Waals surface area contributed by atoms with Crippen molar-refractivity contribution in [2.45, 2.75) is 50.9 Å². The van der Waals surface area contributed by atoms with Crippen molar-refractivity contribution in [2.75, 3.05) is 26.9 Å². The van der Waals surface area contributed by atoms with Gasteiger partial charge in [0.25, 0.3) is 0 Å². The van der Waals surface area contributed by atoms with Gasteiger partial charge in [0.1, 0.15) is 5.60 Å². The standard InChI is InChI=1S/C13H23NO4/c1-12(2,3)18-11(15)14(4)10-7-13(17-8-10)5-6-16-9-13/h10H,5-9H2,1-4H3. The lowest BCUT2D eigenvalue weighted by Gasteiger charge is -2.28. The third-order valence-electron chi connectivity index (χ3n) is 3.49. The van der Waals surface area contributed by atoms with Crippen molar-refractivity contribution >= 4 is 6.09 Å². The molecule has 2 unspecified atom stereocenters. The van der Waals surface area contributed by atoms with E-state index in [9.17, 15) is 4.79 Å². The van der Waals surface area contributed by atoms with Gasteiger partial charge in [0.15, 0.2) is 0 Å². The predicted molar refractivity (Wildman–Crippen MR) is 66.5 cm³/mol. The van der Waals surface area contributed by atoms with Gasteiger partial charge in [-0.05, 0) is 20.8 Å². The zero-order valence-electron chi connectivity index (χ0n) is 11.7. The molecule has 2 saturated heterocycles. The van der Waals surface area contributed by atoms with Gasteiger partial charge in [-0.2, -0.15) is 0 Å². The molecule has 1 spiro atoms. The summed E-state index contributed by atoms with van der Waals surface area (Å²) >= 11 is 0. The zero-order chi connectivity index (χ0) is 13.4. The van der Waals surface area contributed by atoms with Gasteiger partial charge in [0, 0.05) is 26.5 Å². The van der Waals surface area contributed by atoms with E-state index in [0.29, 0.717) is 13.2 Å². The highest BCUT2D eigenvalue weighted by atomic mass is 16.6. The second kappa shape index (κ2) is 4.70. The van der Waals surface area contributed by atoms with Crippen LogP contribution in [0.25, 0.3) is 0 Å². The molecule has 0 aromatic heterocycles. The van der Waals surface area contributed by atoms with Gasteiger partial charge in [-0.1, -0.05) is 0 Å². The van der Waals surface area contributed by atoms with Crippen LogP contribution in [-0.2, 0) is 14.2 Å². The molecule has 104 valence electrons. The maximum Gasteiger partial charge on any atom is 0.410 e. The highest BCUT2D eigenvalue weighted by Gasteiger charge is 2.45.